The van der Waals surface area contributed by atoms with Crippen molar-refractivity contribution in [2.45, 2.75) is 13.0 Å². The average Bonchev–Trinajstić information content (AvgIpc) is 2.35. The number of nitrogens with one attached hydrogen (secondary N) is 1. The maximum atomic E-state index is 12.3. The van der Waals surface area contributed by atoms with Crippen molar-refractivity contribution in [3.8, 4) is 0 Å². The summed E-state index contributed by atoms with van der Waals surface area (Å²) >= 11 is 9.24. The van der Waals surface area contributed by atoms with E-state index in [1.807, 2.05) is 0 Å². The van der Waals surface area contributed by atoms with Gasteiger partial charge in [0.2, 0.25) is 5.91 Å². The first-order chi connectivity index (χ1) is 8.50. The molecule has 96 valence electrons. The van der Waals surface area contributed by atoms with Gasteiger partial charge in [0.15, 0.2) is 0 Å². The molecule has 4 nitrogen and oxygen atoms in total. The fourth-order valence-electron chi connectivity index (χ4n) is 1.85. The van der Waals surface area contributed by atoms with E-state index < -0.39 is 6.04 Å². The third-order valence-corrected chi connectivity index (χ3v) is 4.16. The number of halogens is 2. The zero-order valence-corrected chi connectivity index (χ0v) is 12.1. The van der Waals surface area contributed by atoms with Crippen molar-refractivity contribution in [1.82, 2.24) is 10.2 Å². The highest BCUT2D eigenvalue weighted by Gasteiger charge is 2.29. The van der Waals surface area contributed by atoms with Crippen molar-refractivity contribution in [1.29, 1.82) is 0 Å². The number of hydrogen-bond acceptors (Lipinski definition) is 2. The molecule has 0 bridgehead atoms. The number of carbonyl (C=O) groups is 2. The van der Waals surface area contributed by atoms with E-state index in [-0.39, 0.29) is 11.8 Å². The Labute approximate surface area is 118 Å². The fourth-order valence-corrected chi connectivity index (χ4v) is 2.28. The molecule has 0 aliphatic carbocycles. The van der Waals surface area contributed by atoms with Gasteiger partial charge in [-0.1, -0.05) is 11.6 Å². The fraction of sp³-hybridized carbons (Fsp3) is 0.333. The maximum Gasteiger partial charge on any atom is 0.254 e. The number of carbonyl (C=O) groups excluding carboxylic acids is 2. The Bertz CT molecular complexity index is 507. The maximum absolute atomic E-state index is 12.3. The number of hydrogen-bond donors (Lipinski definition) is 1. The third-order valence-electron chi connectivity index (χ3n) is 2.93. The van der Waals surface area contributed by atoms with Crippen molar-refractivity contribution in [2.75, 3.05) is 13.1 Å². The van der Waals surface area contributed by atoms with E-state index in [1.165, 1.54) is 0 Å². The summed E-state index contributed by atoms with van der Waals surface area (Å²) in [6.45, 7) is 2.71. The second-order valence-electron chi connectivity index (χ2n) is 4.09. The van der Waals surface area contributed by atoms with Gasteiger partial charge in [0.25, 0.3) is 5.91 Å². The molecule has 2 amide bonds. The van der Waals surface area contributed by atoms with Crippen LogP contribution in [0, 0.1) is 0 Å². The molecule has 2 rings (SSSR count). The zero-order valence-electron chi connectivity index (χ0n) is 9.74. The van der Waals surface area contributed by atoms with Crippen LogP contribution in [0.1, 0.15) is 17.3 Å². The minimum Gasteiger partial charge on any atom is -0.353 e. The monoisotopic (exact) mass is 330 g/mol. The van der Waals surface area contributed by atoms with Gasteiger partial charge in [0.05, 0.1) is 5.02 Å². The van der Waals surface area contributed by atoms with Crippen molar-refractivity contribution < 1.29 is 9.59 Å². The highest BCUT2D eigenvalue weighted by Crippen LogP contribution is 2.24. The minimum absolute atomic E-state index is 0.127. The third kappa shape index (κ3) is 2.52. The Morgan fingerprint density at radius 2 is 2.28 bits per heavy atom. The van der Waals surface area contributed by atoms with E-state index >= 15 is 0 Å². The largest absolute Gasteiger partial charge is 0.353 e. The van der Waals surface area contributed by atoms with E-state index in [9.17, 15) is 9.59 Å². The SMILES string of the molecule is CC1C(=O)NCCN1C(=O)c1ccc(Br)c(Cl)c1. The standard InChI is InChI=1S/C12H12BrClN2O2/c1-7-11(17)15-4-5-16(7)12(18)8-2-3-9(13)10(14)6-8/h2-3,6-7H,4-5H2,1H3,(H,15,17). The van der Waals surface area contributed by atoms with Gasteiger partial charge in [-0.2, -0.15) is 0 Å². The first-order valence-electron chi connectivity index (χ1n) is 5.54. The van der Waals surface area contributed by atoms with Crippen molar-refractivity contribution in [2.24, 2.45) is 0 Å². The predicted molar refractivity (Wildman–Crippen MR) is 72.7 cm³/mol. The van der Waals surface area contributed by atoms with Crippen molar-refractivity contribution in [3.05, 3.63) is 33.3 Å². The van der Waals surface area contributed by atoms with Gasteiger partial charge in [-0.05, 0) is 41.1 Å². The topological polar surface area (TPSA) is 49.4 Å². The van der Waals surface area contributed by atoms with Gasteiger partial charge in [-0.3, -0.25) is 9.59 Å². The molecule has 1 saturated heterocycles. The summed E-state index contributed by atoms with van der Waals surface area (Å²) in [6.07, 6.45) is 0. The van der Waals surface area contributed by atoms with Crippen molar-refractivity contribution >= 4 is 39.3 Å². The van der Waals surface area contributed by atoms with Crippen LogP contribution < -0.4 is 5.32 Å². The molecule has 1 aromatic rings. The van der Waals surface area contributed by atoms with Gasteiger partial charge in [-0.25, -0.2) is 0 Å². The Morgan fingerprint density at radius 3 is 2.94 bits per heavy atom. The van der Waals surface area contributed by atoms with E-state index in [2.05, 4.69) is 21.2 Å². The highest BCUT2D eigenvalue weighted by atomic mass is 79.9. The lowest BCUT2D eigenvalue weighted by atomic mass is 10.1. The quantitative estimate of drug-likeness (QED) is 0.856. The average molecular weight is 332 g/mol. The van der Waals surface area contributed by atoms with Crippen LogP contribution in [0.5, 0.6) is 0 Å². The van der Waals surface area contributed by atoms with Crippen LogP contribution >= 0.6 is 27.5 Å². The Hall–Kier alpha value is -1.07. The normalized spacial score (nSPS) is 19.6. The molecule has 1 unspecified atom stereocenters. The summed E-state index contributed by atoms with van der Waals surface area (Å²) in [6, 6.07) is 4.57. The molecule has 1 heterocycles. The van der Waals surface area contributed by atoms with Gasteiger partial charge >= 0.3 is 0 Å². The second kappa shape index (κ2) is 5.28. The molecule has 1 aromatic carbocycles. The minimum atomic E-state index is -0.450. The molecule has 0 spiro atoms. The molecule has 6 heteroatoms. The van der Waals surface area contributed by atoms with E-state index in [1.54, 1.807) is 30.0 Å². The number of nitrogens with zero attached hydrogens (tertiary/aromatic N) is 1. The summed E-state index contributed by atoms with van der Waals surface area (Å²) in [5, 5.41) is 3.20. The predicted octanol–water partition coefficient (Wildman–Crippen LogP) is 2.06. The number of piperazine rings is 1. The molecule has 1 N–H and O–H groups in total. The smallest absolute Gasteiger partial charge is 0.254 e. The number of benzene rings is 1. The number of rotatable bonds is 1. The van der Waals surface area contributed by atoms with E-state index in [0.717, 1.165) is 4.47 Å². The van der Waals surface area contributed by atoms with Crippen LogP contribution in [0.4, 0.5) is 0 Å². The zero-order chi connectivity index (χ0) is 13.3. The molecule has 0 radical (unpaired) electrons. The Kier molecular flexibility index (Phi) is 3.92. The van der Waals surface area contributed by atoms with E-state index in [4.69, 9.17) is 11.6 Å². The molecule has 18 heavy (non-hydrogen) atoms. The van der Waals surface area contributed by atoms with Gasteiger partial charge in [-0.15, -0.1) is 0 Å². The van der Waals surface area contributed by atoms with Crippen LogP contribution in [0.2, 0.25) is 5.02 Å². The summed E-state index contributed by atoms with van der Waals surface area (Å²) in [7, 11) is 0. The molecule has 1 aliphatic heterocycles. The molecule has 1 fully saturated rings. The summed E-state index contributed by atoms with van der Waals surface area (Å²) < 4.78 is 0.741. The lowest BCUT2D eigenvalue weighted by molar-refractivity contribution is -0.127. The number of amides is 2. The molecule has 0 aromatic heterocycles. The first kappa shape index (κ1) is 13.4. The first-order valence-corrected chi connectivity index (χ1v) is 6.71. The van der Waals surface area contributed by atoms with Gasteiger partial charge < -0.3 is 10.2 Å². The molecule has 1 aliphatic rings. The Morgan fingerprint density at radius 1 is 1.56 bits per heavy atom. The van der Waals surface area contributed by atoms with Crippen LogP contribution in [0.25, 0.3) is 0 Å². The van der Waals surface area contributed by atoms with Crippen LogP contribution in [-0.2, 0) is 4.79 Å². The lowest BCUT2D eigenvalue weighted by Gasteiger charge is -2.32. The molecule has 1 atom stereocenters. The second-order valence-corrected chi connectivity index (χ2v) is 5.36. The van der Waals surface area contributed by atoms with E-state index in [0.29, 0.717) is 23.7 Å². The van der Waals surface area contributed by atoms with Crippen LogP contribution in [0.15, 0.2) is 22.7 Å². The summed E-state index contributed by atoms with van der Waals surface area (Å²) in [5.74, 6) is -0.301. The van der Waals surface area contributed by atoms with Crippen molar-refractivity contribution in [3.63, 3.8) is 0 Å². The molecule has 0 saturated carbocycles. The summed E-state index contributed by atoms with van der Waals surface area (Å²) in [4.78, 5) is 25.4. The Balaban J connectivity index is 2.25. The molecular formula is C12H12BrClN2O2. The molecular weight excluding hydrogens is 320 g/mol. The lowest BCUT2D eigenvalue weighted by Crippen LogP contribution is -2.55. The van der Waals surface area contributed by atoms with Gasteiger partial charge in [0.1, 0.15) is 6.04 Å². The van der Waals surface area contributed by atoms with Gasteiger partial charge in [0, 0.05) is 23.1 Å². The summed E-state index contributed by atoms with van der Waals surface area (Å²) in [5.41, 5.74) is 0.491. The highest BCUT2D eigenvalue weighted by molar-refractivity contribution is 9.10. The van der Waals surface area contributed by atoms with Crippen LogP contribution in [0.3, 0.4) is 0 Å². The van der Waals surface area contributed by atoms with Crippen LogP contribution in [-0.4, -0.2) is 35.8 Å².